The third-order valence-corrected chi connectivity index (χ3v) is 2.66. The molecule has 1 N–H and O–H groups in total. The number of aliphatic hydroxyl groups excluding tert-OH is 1. The van der Waals surface area contributed by atoms with Crippen LogP contribution in [0.3, 0.4) is 0 Å². The van der Waals surface area contributed by atoms with E-state index < -0.39 is 8.32 Å². The van der Waals surface area contributed by atoms with E-state index in [1.807, 2.05) is 0 Å². The highest BCUT2D eigenvalue weighted by atomic mass is 28.4. The maximum absolute atomic E-state index is 8.53. The predicted molar refractivity (Wildman–Crippen MR) is 54.9 cm³/mol. The molecule has 0 radical (unpaired) electrons. The summed E-state index contributed by atoms with van der Waals surface area (Å²) in [5.74, 6) is 0. The molecule has 0 saturated heterocycles. The Bertz CT molecular complexity index is 99.2. The number of hydrogen-bond acceptors (Lipinski definition) is 2. The van der Waals surface area contributed by atoms with E-state index in [2.05, 4.69) is 19.6 Å². The summed E-state index contributed by atoms with van der Waals surface area (Å²) in [7, 11) is -1.28. The van der Waals surface area contributed by atoms with Crippen LogP contribution in [0.15, 0.2) is 0 Å². The van der Waals surface area contributed by atoms with Gasteiger partial charge in [0.25, 0.3) is 0 Å². The summed E-state index contributed by atoms with van der Waals surface area (Å²) in [5.41, 5.74) is 0. The van der Waals surface area contributed by atoms with Crippen molar-refractivity contribution in [3.63, 3.8) is 0 Å². The van der Waals surface area contributed by atoms with Crippen molar-refractivity contribution in [2.75, 3.05) is 13.2 Å². The van der Waals surface area contributed by atoms with Crippen LogP contribution in [0.2, 0.25) is 19.6 Å². The standard InChI is InChI=1S/C9H22O2Si/c1-12(2,3)11-9-7-5-4-6-8-10/h10H,4-9H2,1-3H3. The lowest BCUT2D eigenvalue weighted by molar-refractivity contribution is 0.271. The first-order valence-corrected chi connectivity index (χ1v) is 8.22. The molecule has 0 aliphatic rings. The molecular weight excluding hydrogens is 168 g/mol. The Balaban J connectivity index is 3.01. The van der Waals surface area contributed by atoms with E-state index >= 15 is 0 Å². The van der Waals surface area contributed by atoms with E-state index in [9.17, 15) is 0 Å². The van der Waals surface area contributed by atoms with Gasteiger partial charge in [0.05, 0.1) is 0 Å². The molecule has 0 aromatic rings. The molecule has 0 aliphatic carbocycles. The normalized spacial score (nSPS) is 12.0. The van der Waals surface area contributed by atoms with E-state index in [4.69, 9.17) is 9.53 Å². The number of hydrogen-bond donors (Lipinski definition) is 1. The minimum atomic E-state index is -1.28. The average molecular weight is 190 g/mol. The van der Waals surface area contributed by atoms with Crippen LogP contribution in [0.5, 0.6) is 0 Å². The third kappa shape index (κ3) is 10.1. The average Bonchev–Trinajstić information content (AvgIpc) is 1.94. The summed E-state index contributed by atoms with van der Waals surface area (Å²) in [6.07, 6.45) is 4.40. The Morgan fingerprint density at radius 2 is 1.58 bits per heavy atom. The van der Waals surface area contributed by atoms with Gasteiger partial charge in [0.1, 0.15) is 0 Å². The van der Waals surface area contributed by atoms with Gasteiger partial charge in [-0.15, -0.1) is 0 Å². The van der Waals surface area contributed by atoms with E-state index in [1.54, 1.807) is 0 Å². The summed E-state index contributed by atoms with van der Waals surface area (Å²) >= 11 is 0. The molecule has 0 fully saturated rings. The fraction of sp³-hybridized carbons (Fsp3) is 1.00. The monoisotopic (exact) mass is 190 g/mol. The van der Waals surface area contributed by atoms with E-state index in [0.717, 1.165) is 25.9 Å². The maximum atomic E-state index is 8.53. The van der Waals surface area contributed by atoms with Crippen LogP contribution in [0.1, 0.15) is 25.7 Å². The second-order valence-electron chi connectivity index (χ2n) is 4.10. The Kier molecular flexibility index (Phi) is 6.71. The molecule has 2 nitrogen and oxygen atoms in total. The van der Waals surface area contributed by atoms with E-state index in [1.165, 1.54) is 6.42 Å². The van der Waals surface area contributed by atoms with Crippen LogP contribution in [-0.4, -0.2) is 26.6 Å². The van der Waals surface area contributed by atoms with Gasteiger partial charge < -0.3 is 9.53 Å². The molecule has 0 bridgehead atoms. The number of rotatable bonds is 7. The Morgan fingerprint density at radius 1 is 1.00 bits per heavy atom. The zero-order chi connectivity index (χ0) is 9.45. The molecular formula is C9H22O2Si. The molecule has 0 spiro atoms. The highest BCUT2D eigenvalue weighted by Crippen LogP contribution is 2.05. The molecule has 0 unspecified atom stereocenters. The van der Waals surface area contributed by atoms with Crippen LogP contribution >= 0.6 is 0 Å². The highest BCUT2D eigenvalue weighted by Gasteiger charge is 2.12. The lowest BCUT2D eigenvalue weighted by Gasteiger charge is -2.16. The number of unbranched alkanes of at least 4 members (excludes halogenated alkanes) is 3. The highest BCUT2D eigenvalue weighted by molar-refractivity contribution is 6.69. The summed E-state index contributed by atoms with van der Waals surface area (Å²) in [6, 6.07) is 0. The molecule has 0 heterocycles. The van der Waals surface area contributed by atoms with E-state index in [-0.39, 0.29) is 0 Å². The lowest BCUT2D eigenvalue weighted by atomic mass is 10.2. The molecule has 74 valence electrons. The fourth-order valence-corrected chi connectivity index (χ4v) is 1.70. The fourth-order valence-electron chi connectivity index (χ4n) is 0.946. The Hall–Kier alpha value is 0.137. The van der Waals surface area contributed by atoms with Crippen LogP contribution in [0, 0.1) is 0 Å². The van der Waals surface area contributed by atoms with Crippen molar-refractivity contribution < 1.29 is 9.53 Å². The molecule has 0 aliphatic heterocycles. The molecule has 0 aromatic carbocycles. The van der Waals surface area contributed by atoms with Crippen molar-refractivity contribution in [3.05, 3.63) is 0 Å². The topological polar surface area (TPSA) is 29.5 Å². The first-order chi connectivity index (χ1) is 5.56. The van der Waals surface area contributed by atoms with Crippen LogP contribution < -0.4 is 0 Å². The van der Waals surface area contributed by atoms with Crippen LogP contribution in [0.25, 0.3) is 0 Å². The zero-order valence-corrected chi connectivity index (χ0v) is 9.60. The van der Waals surface area contributed by atoms with Crippen LogP contribution in [0.4, 0.5) is 0 Å². The Morgan fingerprint density at radius 3 is 2.08 bits per heavy atom. The first-order valence-electron chi connectivity index (χ1n) is 4.81. The quantitative estimate of drug-likeness (QED) is 0.493. The molecule has 12 heavy (non-hydrogen) atoms. The van der Waals surface area contributed by atoms with Gasteiger partial charge in [-0.3, -0.25) is 0 Å². The zero-order valence-electron chi connectivity index (χ0n) is 8.60. The summed E-state index contributed by atoms with van der Waals surface area (Å²) < 4.78 is 5.69. The first kappa shape index (κ1) is 12.1. The third-order valence-electron chi connectivity index (χ3n) is 1.59. The van der Waals surface area contributed by atoms with Gasteiger partial charge in [-0.1, -0.05) is 12.8 Å². The van der Waals surface area contributed by atoms with Gasteiger partial charge in [-0.2, -0.15) is 0 Å². The smallest absolute Gasteiger partial charge is 0.183 e. The van der Waals surface area contributed by atoms with Crippen molar-refractivity contribution in [2.45, 2.75) is 45.3 Å². The second-order valence-corrected chi connectivity index (χ2v) is 8.61. The largest absolute Gasteiger partial charge is 0.418 e. The van der Waals surface area contributed by atoms with E-state index in [0.29, 0.717) is 6.61 Å². The molecule has 3 heteroatoms. The summed E-state index contributed by atoms with van der Waals surface area (Å²) in [6.45, 7) is 7.86. The van der Waals surface area contributed by atoms with Crippen molar-refractivity contribution in [2.24, 2.45) is 0 Å². The predicted octanol–water partition coefficient (Wildman–Crippen LogP) is 2.39. The maximum Gasteiger partial charge on any atom is 0.183 e. The second kappa shape index (κ2) is 6.63. The lowest BCUT2D eigenvalue weighted by Crippen LogP contribution is -2.25. The molecule has 0 saturated carbocycles. The van der Waals surface area contributed by atoms with Gasteiger partial charge in [0.15, 0.2) is 8.32 Å². The number of aliphatic hydroxyl groups is 1. The molecule has 0 atom stereocenters. The minimum absolute atomic E-state index is 0.328. The molecule has 0 amide bonds. The molecule has 0 aromatic heterocycles. The Labute approximate surface area is 77.1 Å². The van der Waals surface area contributed by atoms with Crippen molar-refractivity contribution in [3.8, 4) is 0 Å². The summed E-state index contributed by atoms with van der Waals surface area (Å²) in [5, 5.41) is 8.53. The van der Waals surface area contributed by atoms with Gasteiger partial charge in [0.2, 0.25) is 0 Å². The minimum Gasteiger partial charge on any atom is -0.418 e. The van der Waals surface area contributed by atoms with Crippen molar-refractivity contribution >= 4 is 8.32 Å². The molecule has 0 rings (SSSR count). The SMILES string of the molecule is C[Si](C)(C)OCCCCCCO. The van der Waals surface area contributed by atoms with Crippen molar-refractivity contribution in [1.82, 2.24) is 0 Å². The van der Waals surface area contributed by atoms with Crippen molar-refractivity contribution in [1.29, 1.82) is 0 Å². The van der Waals surface area contributed by atoms with Gasteiger partial charge in [-0.25, -0.2) is 0 Å². The van der Waals surface area contributed by atoms with Gasteiger partial charge in [0, 0.05) is 13.2 Å². The summed E-state index contributed by atoms with van der Waals surface area (Å²) in [4.78, 5) is 0. The van der Waals surface area contributed by atoms with Crippen LogP contribution in [-0.2, 0) is 4.43 Å². The van der Waals surface area contributed by atoms with Gasteiger partial charge in [-0.05, 0) is 32.5 Å². The van der Waals surface area contributed by atoms with Gasteiger partial charge >= 0.3 is 0 Å².